The van der Waals surface area contributed by atoms with Gasteiger partial charge in [-0.3, -0.25) is 19.2 Å². The van der Waals surface area contributed by atoms with Gasteiger partial charge in [-0.25, -0.2) is 8.42 Å². The quantitative estimate of drug-likeness (QED) is 0.364. The monoisotopic (exact) mass is 596 g/mol. The molecule has 0 unspecified atom stereocenters. The van der Waals surface area contributed by atoms with Crippen LogP contribution in [0.3, 0.4) is 0 Å². The number of carbonyl (C=O) groups excluding carboxylic acids is 4. The van der Waals surface area contributed by atoms with Crippen LogP contribution in [0, 0.1) is 23.2 Å². The molecule has 2 saturated heterocycles. The Bertz CT molecular complexity index is 1170. The van der Waals surface area contributed by atoms with Gasteiger partial charge in [-0.1, -0.05) is 27.2 Å². The fraction of sp³-hybridized carbons (Fsp3) is 0.760. The van der Waals surface area contributed by atoms with Crippen molar-refractivity contribution in [3.05, 3.63) is 11.2 Å². The van der Waals surface area contributed by atoms with E-state index in [1.807, 2.05) is 0 Å². The first-order valence-electron chi connectivity index (χ1n) is 13.1. The molecule has 2 heterocycles. The minimum atomic E-state index is -5.22. The van der Waals surface area contributed by atoms with Crippen LogP contribution < -0.4 is 16.0 Å². The molecule has 0 aromatic carbocycles. The molecule has 1 aliphatic carbocycles. The Hall–Kier alpha value is -2.71. The van der Waals surface area contributed by atoms with Gasteiger partial charge in [0.25, 0.3) is 0 Å². The predicted octanol–water partition coefficient (Wildman–Crippen LogP) is 1.57. The van der Waals surface area contributed by atoms with Crippen LogP contribution in [-0.2, 0) is 29.0 Å². The lowest BCUT2D eigenvalue weighted by atomic mass is 9.85. The molecule has 0 spiro atoms. The standard InChI is InChI=1S/C25H36F4N4O6S/c1-24(2,3)19(32-23(37)25(27,28)29)22(36)33-12-14-6-5-7-16(14)18(33)21(35)31-15(11-17(26)40(4,38)39)10-13-8-9-30-20(13)34/h11,13-16,18-19H,5-10,12H2,1-4H3,(H,30,34)(H,31,35)(H,32,37)/b17-11-/t13-,14-,15+,16-,18-,19-/m1/s1. The average molecular weight is 597 g/mol. The van der Waals surface area contributed by atoms with Crippen LogP contribution in [0.4, 0.5) is 17.6 Å². The highest BCUT2D eigenvalue weighted by Gasteiger charge is 2.53. The fourth-order valence-corrected chi connectivity index (χ4v) is 6.20. The first kappa shape index (κ1) is 31.8. The van der Waals surface area contributed by atoms with Crippen LogP contribution in [-0.4, -0.2) is 80.6 Å². The second kappa shape index (κ2) is 11.6. The fourth-order valence-electron chi connectivity index (χ4n) is 5.79. The highest BCUT2D eigenvalue weighted by Crippen LogP contribution is 2.43. The van der Waals surface area contributed by atoms with Crippen molar-refractivity contribution in [1.29, 1.82) is 0 Å². The second-order valence-electron chi connectivity index (χ2n) is 11.9. The zero-order valence-corrected chi connectivity index (χ0v) is 23.6. The third-order valence-electron chi connectivity index (χ3n) is 7.80. The molecule has 226 valence electrons. The number of alkyl halides is 3. The summed E-state index contributed by atoms with van der Waals surface area (Å²) in [5, 5.41) is 5.50. The van der Waals surface area contributed by atoms with Crippen LogP contribution in [0.25, 0.3) is 0 Å². The molecule has 0 aromatic heterocycles. The van der Waals surface area contributed by atoms with E-state index in [-0.39, 0.29) is 30.7 Å². The van der Waals surface area contributed by atoms with Crippen LogP contribution in [0.5, 0.6) is 0 Å². The zero-order chi connectivity index (χ0) is 30.2. The lowest BCUT2D eigenvalue weighted by Gasteiger charge is -2.36. The van der Waals surface area contributed by atoms with Crippen molar-refractivity contribution in [2.45, 2.75) is 77.2 Å². The predicted molar refractivity (Wildman–Crippen MR) is 135 cm³/mol. The van der Waals surface area contributed by atoms with Gasteiger partial charge in [0.1, 0.15) is 12.1 Å². The normalized spacial score (nSPS) is 27.1. The number of rotatable bonds is 8. The minimum Gasteiger partial charge on any atom is -0.356 e. The Labute approximate surface area is 230 Å². The maximum absolute atomic E-state index is 14.5. The number of halogens is 4. The van der Waals surface area contributed by atoms with Gasteiger partial charge in [0.2, 0.25) is 32.7 Å². The highest BCUT2D eigenvalue weighted by molar-refractivity contribution is 7.94. The molecule has 0 radical (unpaired) electrons. The van der Waals surface area contributed by atoms with Crippen molar-refractivity contribution in [2.24, 2.45) is 23.2 Å². The molecule has 3 rings (SSSR count). The summed E-state index contributed by atoms with van der Waals surface area (Å²) in [4.78, 5) is 52.4. The third-order valence-corrected chi connectivity index (χ3v) is 8.65. The molecule has 3 fully saturated rings. The second-order valence-corrected chi connectivity index (χ2v) is 13.9. The van der Waals surface area contributed by atoms with E-state index >= 15 is 0 Å². The number of hydrogen-bond donors (Lipinski definition) is 3. The first-order valence-corrected chi connectivity index (χ1v) is 15.0. The van der Waals surface area contributed by atoms with Crippen LogP contribution in [0.2, 0.25) is 0 Å². The summed E-state index contributed by atoms with van der Waals surface area (Å²) in [6, 6.07) is -3.95. The van der Waals surface area contributed by atoms with E-state index in [1.54, 1.807) is 5.32 Å². The van der Waals surface area contributed by atoms with Crippen molar-refractivity contribution in [3.63, 3.8) is 0 Å². The first-order chi connectivity index (χ1) is 18.3. The van der Waals surface area contributed by atoms with Gasteiger partial charge >= 0.3 is 12.1 Å². The van der Waals surface area contributed by atoms with Crippen molar-refractivity contribution >= 4 is 33.5 Å². The number of nitrogens with zero attached hydrogens (tertiary/aromatic N) is 1. The van der Waals surface area contributed by atoms with Crippen LogP contribution in [0.15, 0.2) is 11.2 Å². The Kier molecular flexibility index (Phi) is 9.26. The summed E-state index contributed by atoms with van der Waals surface area (Å²) in [5.41, 5.74) is -1.14. The topological polar surface area (TPSA) is 142 Å². The smallest absolute Gasteiger partial charge is 0.356 e. The molecule has 1 saturated carbocycles. The summed E-state index contributed by atoms with van der Waals surface area (Å²) in [7, 11) is -4.24. The molecular formula is C25H36F4N4O6S. The largest absolute Gasteiger partial charge is 0.471 e. The number of fused-ring (bicyclic) bond motifs is 1. The molecule has 15 heteroatoms. The lowest BCUT2D eigenvalue weighted by Crippen LogP contribution is -2.60. The highest BCUT2D eigenvalue weighted by atomic mass is 32.2. The summed E-state index contributed by atoms with van der Waals surface area (Å²) in [5.74, 6) is -5.25. The number of nitrogens with one attached hydrogen (secondary N) is 3. The number of amides is 4. The van der Waals surface area contributed by atoms with E-state index in [0.717, 1.165) is 6.42 Å². The number of carbonyl (C=O) groups is 4. The van der Waals surface area contributed by atoms with E-state index in [4.69, 9.17) is 0 Å². The summed E-state index contributed by atoms with van der Waals surface area (Å²) < 4.78 is 77.1. The number of likely N-dealkylation sites (tertiary alicyclic amines) is 1. The maximum atomic E-state index is 14.5. The van der Waals surface area contributed by atoms with Crippen molar-refractivity contribution in [2.75, 3.05) is 19.3 Å². The molecule has 0 bridgehead atoms. The molecule has 10 nitrogen and oxygen atoms in total. The summed E-state index contributed by atoms with van der Waals surface area (Å²) in [6.07, 6.45) is -1.55. The molecule has 6 atom stereocenters. The van der Waals surface area contributed by atoms with Crippen molar-refractivity contribution < 1.29 is 45.2 Å². The SMILES string of the molecule is CC(C)(C)[C@H](NC(=O)C(F)(F)F)C(=O)N1C[C@H]2CCC[C@H]2[C@@H]1C(=O)N[C@H](/C=C(/F)S(C)(=O)=O)C[C@H]1CCNC1=O. The summed E-state index contributed by atoms with van der Waals surface area (Å²) >= 11 is 0. The van der Waals surface area contributed by atoms with Gasteiger partial charge < -0.3 is 20.9 Å². The zero-order valence-electron chi connectivity index (χ0n) is 22.8. The number of hydrogen-bond acceptors (Lipinski definition) is 6. The molecule has 2 aliphatic heterocycles. The van der Waals surface area contributed by atoms with E-state index in [2.05, 4.69) is 10.6 Å². The Balaban J connectivity index is 1.91. The lowest BCUT2D eigenvalue weighted by molar-refractivity contribution is -0.176. The van der Waals surface area contributed by atoms with Gasteiger partial charge in [-0.2, -0.15) is 17.6 Å². The Morgan fingerprint density at radius 3 is 2.30 bits per heavy atom. The average Bonchev–Trinajstić information content (AvgIpc) is 3.50. The van der Waals surface area contributed by atoms with E-state index in [0.29, 0.717) is 38.1 Å². The molecule has 3 aliphatic rings. The van der Waals surface area contributed by atoms with Gasteiger partial charge in [0.15, 0.2) is 0 Å². The number of sulfone groups is 1. The molecule has 3 N–H and O–H groups in total. The third kappa shape index (κ3) is 7.32. The Morgan fingerprint density at radius 1 is 1.12 bits per heavy atom. The van der Waals surface area contributed by atoms with Gasteiger partial charge in [0.05, 0.1) is 6.04 Å². The van der Waals surface area contributed by atoms with E-state index in [1.165, 1.54) is 25.7 Å². The van der Waals surface area contributed by atoms with E-state index in [9.17, 15) is 45.2 Å². The molecule has 0 aromatic rings. The Morgan fingerprint density at radius 2 is 1.77 bits per heavy atom. The van der Waals surface area contributed by atoms with Gasteiger partial charge in [-0.15, -0.1) is 0 Å². The van der Waals surface area contributed by atoms with Gasteiger partial charge in [0, 0.05) is 25.3 Å². The molecule has 40 heavy (non-hydrogen) atoms. The van der Waals surface area contributed by atoms with Gasteiger partial charge in [-0.05, 0) is 49.0 Å². The maximum Gasteiger partial charge on any atom is 0.471 e. The minimum absolute atomic E-state index is 0.0826. The van der Waals surface area contributed by atoms with E-state index < -0.39 is 68.4 Å². The summed E-state index contributed by atoms with van der Waals surface area (Å²) in [6.45, 7) is 4.91. The molecular weight excluding hydrogens is 560 g/mol. The van der Waals surface area contributed by atoms with Crippen LogP contribution >= 0.6 is 0 Å². The molecule has 4 amide bonds. The van der Waals surface area contributed by atoms with Crippen molar-refractivity contribution in [3.8, 4) is 0 Å². The van der Waals surface area contributed by atoms with Crippen molar-refractivity contribution in [1.82, 2.24) is 20.9 Å². The van der Waals surface area contributed by atoms with Crippen LogP contribution in [0.1, 0.15) is 52.9 Å².